The fourth-order valence-electron chi connectivity index (χ4n) is 2.31. The average Bonchev–Trinajstić information content (AvgIpc) is 2.82. The molecule has 0 amide bonds. The van der Waals surface area contributed by atoms with Crippen molar-refractivity contribution in [1.29, 1.82) is 0 Å². The molecule has 0 saturated carbocycles. The van der Waals surface area contributed by atoms with Crippen molar-refractivity contribution in [3.8, 4) is 11.3 Å². The zero-order valence-electron chi connectivity index (χ0n) is 11.1. The van der Waals surface area contributed by atoms with Gasteiger partial charge in [-0.1, -0.05) is 23.7 Å². The van der Waals surface area contributed by atoms with E-state index in [1.807, 2.05) is 44.2 Å². The number of rotatable bonds is 2. The van der Waals surface area contributed by atoms with E-state index in [-0.39, 0.29) is 0 Å². The van der Waals surface area contributed by atoms with Gasteiger partial charge >= 0.3 is 0 Å². The van der Waals surface area contributed by atoms with E-state index in [0.717, 1.165) is 16.8 Å². The lowest BCUT2D eigenvalue weighted by Gasteiger charge is -2.02. The maximum absolute atomic E-state index is 11.2. The molecule has 0 N–H and O–H groups in total. The molecule has 2 aromatic heterocycles. The predicted octanol–water partition coefficient (Wildman–Crippen LogP) is 4.67. The number of halogens is 1. The Morgan fingerprint density at radius 2 is 2.00 bits per heavy atom. The number of hydrogen-bond acceptors (Lipinski definition) is 3. The van der Waals surface area contributed by atoms with Crippen molar-refractivity contribution in [3.05, 3.63) is 57.6 Å². The minimum absolute atomic E-state index is 0.319. The number of imidazole rings is 1. The van der Waals surface area contributed by atoms with E-state index in [1.54, 1.807) is 10.5 Å². The standard InChI is InChI=1S/C15H12ClN3O/c1-9-8-11(6-7-12(9)16)14-15(18-20)19-10(2)4-3-5-13(19)17-14/h3-8H,1-2H3. The second-order valence-electron chi connectivity index (χ2n) is 4.70. The van der Waals surface area contributed by atoms with Gasteiger partial charge in [0, 0.05) is 16.3 Å². The molecule has 0 aliphatic carbocycles. The number of pyridine rings is 1. The van der Waals surface area contributed by atoms with Crippen molar-refractivity contribution >= 4 is 23.1 Å². The summed E-state index contributed by atoms with van der Waals surface area (Å²) in [6, 6.07) is 11.2. The quantitative estimate of drug-likeness (QED) is 0.642. The second kappa shape index (κ2) is 4.72. The highest BCUT2D eigenvalue weighted by atomic mass is 35.5. The molecule has 0 saturated heterocycles. The first kappa shape index (κ1) is 12.8. The zero-order chi connectivity index (χ0) is 14.3. The van der Waals surface area contributed by atoms with E-state index in [2.05, 4.69) is 10.2 Å². The summed E-state index contributed by atoms with van der Waals surface area (Å²) in [6.07, 6.45) is 0. The summed E-state index contributed by atoms with van der Waals surface area (Å²) in [5.74, 6) is 0.319. The summed E-state index contributed by atoms with van der Waals surface area (Å²) < 4.78 is 1.76. The number of nitrogens with zero attached hydrogens (tertiary/aromatic N) is 3. The number of hydrogen-bond donors (Lipinski definition) is 0. The molecule has 0 atom stereocenters. The van der Waals surface area contributed by atoms with Crippen LogP contribution in [0.3, 0.4) is 0 Å². The summed E-state index contributed by atoms with van der Waals surface area (Å²) in [5.41, 5.74) is 3.98. The fraction of sp³-hybridized carbons (Fsp3) is 0.133. The van der Waals surface area contributed by atoms with Crippen molar-refractivity contribution < 1.29 is 0 Å². The fourth-order valence-corrected chi connectivity index (χ4v) is 2.42. The molecule has 0 fully saturated rings. The molecule has 5 heteroatoms. The first-order valence-corrected chi connectivity index (χ1v) is 6.57. The Balaban J connectivity index is 2.33. The molecule has 3 rings (SSSR count). The summed E-state index contributed by atoms with van der Waals surface area (Å²) in [6.45, 7) is 3.83. The molecule has 0 aliphatic heterocycles. The summed E-state index contributed by atoms with van der Waals surface area (Å²) in [5, 5.41) is 3.85. The molecule has 4 nitrogen and oxygen atoms in total. The number of aromatic nitrogens is 2. The summed E-state index contributed by atoms with van der Waals surface area (Å²) in [7, 11) is 0. The molecular weight excluding hydrogens is 274 g/mol. The minimum Gasteiger partial charge on any atom is -0.278 e. The molecule has 2 heterocycles. The Kier molecular flexibility index (Phi) is 3.03. The highest BCUT2D eigenvalue weighted by molar-refractivity contribution is 6.31. The van der Waals surface area contributed by atoms with Crippen LogP contribution < -0.4 is 0 Å². The Hall–Kier alpha value is -2.20. The van der Waals surface area contributed by atoms with E-state index in [1.165, 1.54) is 0 Å². The van der Waals surface area contributed by atoms with Gasteiger partial charge in [-0.2, -0.15) is 0 Å². The highest BCUT2D eigenvalue weighted by Crippen LogP contribution is 2.33. The minimum atomic E-state index is 0.319. The highest BCUT2D eigenvalue weighted by Gasteiger charge is 2.16. The van der Waals surface area contributed by atoms with Gasteiger partial charge in [0.15, 0.2) is 0 Å². The van der Waals surface area contributed by atoms with Crippen LogP contribution in [0.5, 0.6) is 0 Å². The van der Waals surface area contributed by atoms with Crippen LogP contribution in [0.4, 0.5) is 5.82 Å². The van der Waals surface area contributed by atoms with Gasteiger partial charge in [-0.25, -0.2) is 4.98 Å². The number of nitroso groups, excluding NO2 is 1. The lowest BCUT2D eigenvalue weighted by atomic mass is 10.1. The molecule has 20 heavy (non-hydrogen) atoms. The monoisotopic (exact) mass is 285 g/mol. The predicted molar refractivity (Wildman–Crippen MR) is 80.6 cm³/mol. The van der Waals surface area contributed by atoms with Gasteiger partial charge in [0.1, 0.15) is 11.3 Å². The normalized spacial score (nSPS) is 10.9. The van der Waals surface area contributed by atoms with Crippen LogP contribution >= 0.6 is 11.6 Å². The second-order valence-corrected chi connectivity index (χ2v) is 5.11. The zero-order valence-corrected chi connectivity index (χ0v) is 11.8. The van der Waals surface area contributed by atoms with Gasteiger partial charge in [0.25, 0.3) is 0 Å². The summed E-state index contributed by atoms with van der Waals surface area (Å²) in [4.78, 5) is 15.8. The van der Waals surface area contributed by atoms with Gasteiger partial charge in [-0.05, 0) is 48.9 Å². The number of fused-ring (bicyclic) bond motifs is 1. The third kappa shape index (κ3) is 1.89. The smallest absolute Gasteiger partial charge is 0.209 e. The topological polar surface area (TPSA) is 46.7 Å². The number of benzene rings is 1. The summed E-state index contributed by atoms with van der Waals surface area (Å²) >= 11 is 6.03. The van der Waals surface area contributed by atoms with Crippen molar-refractivity contribution in [2.24, 2.45) is 5.18 Å². The first-order chi connectivity index (χ1) is 9.61. The Labute approximate surface area is 121 Å². The largest absolute Gasteiger partial charge is 0.278 e. The van der Waals surface area contributed by atoms with Gasteiger partial charge in [-0.3, -0.25) is 4.40 Å². The van der Waals surface area contributed by atoms with E-state index in [9.17, 15) is 4.91 Å². The first-order valence-electron chi connectivity index (χ1n) is 6.20. The molecule has 0 spiro atoms. The van der Waals surface area contributed by atoms with Crippen molar-refractivity contribution in [2.45, 2.75) is 13.8 Å². The lowest BCUT2D eigenvalue weighted by Crippen LogP contribution is -1.88. The van der Waals surface area contributed by atoms with Crippen LogP contribution in [0.2, 0.25) is 5.02 Å². The van der Waals surface area contributed by atoms with Gasteiger partial charge in [-0.15, -0.1) is 4.91 Å². The molecule has 0 unspecified atom stereocenters. The Morgan fingerprint density at radius 1 is 1.20 bits per heavy atom. The molecule has 0 aliphatic rings. The Morgan fingerprint density at radius 3 is 2.70 bits per heavy atom. The van der Waals surface area contributed by atoms with Crippen LogP contribution in [0, 0.1) is 18.8 Å². The van der Waals surface area contributed by atoms with Crippen LogP contribution in [-0.2, 0) is 0 Å². The van der Waals surface area contributed by atoms with Crippen LogP contribution in [-0.4, -0.2) is 9.38 Å². The van der Waals surface area contributed by atoms with Gasteiger partial charge in [0.05, 0.1) is 0 Å². The third-order valence-electron chi connectivity index (χ3n) is 3.33. The van der Waals surface area contributed by atoms with Crippen LogP contribution in [0.25, 0.3) is 16.9 Å². The van der Waals surface area contributed by atoms with Crippen LogP contribution in [0.15, 0.2) is 41.6 Å². The SMILES string of the molecule is Cc1cc(-c2nc3cccc(C)n3c2N=O)ccc1Cl. The van der Waals surface area contributed by atoms with E-state index in [0.29, 0.717) is 22.2 Å². The maximum atomic E-state index is 11.2. The molecule has 0 bridgehead atoms. The third-order valence-corrected chi connectivity index (χ3v) is 3.76. The average molecular weight is 286 g/mol. The lowest BCUT2D eigenvalue weighted by molar-refractivity contribution is 1.08. The van der Waals surface area contributed by atoms with Gasteiger partial charge in [0.2, 0.25) is 5.82 Å². The Bertz CT molecular complexity index is 823. The van der Waals surface area contributed by atoms with E-state index < -0.39 is 0 Å². The van der Waals surface area contributed by atoms with Crippen LogP contribution in [0.1, 0.15) is 11.3 Å². The molecule has 3 aromatic rings. The van der Waals surface area contributed by atoms with Crippen molar-refractivity contribution in [2.75, 3.05) is 0 Å². The molecular formula is C15H12ClN3O. The number of aryl methyl sites for hydroxylation is 2. The molecule has 1 aromatic carbocycles. The molecule has 0 radical (unpaired) electrons. The van der Waals surface area contributed by atoms with Crippen molar-refractivity contribution in [3.63, 3.8) is 0 Å². The maximum Gasteiger partial charge on any atom is 0.209 e. The van der Waals surface area contributed by atoms with Crippen molar-refractivity contribution in [1.82, 2.24) is 9.38 Å². The van der Waals surface area contributed by atoms with Gasteiger partial charge < -0.3 is 0 Å². The van der Waals surface area contributed by atoms with E-state index in [4.69, 9.17) is 11.6 Å². The molecule has 100 valence electrons. The van der Waals surface area contributed by atoms with E-state index >= 15 is 0 Å².